The lowest BCUT2D eigenvalue weighted by molar-refractivity contribution is -0.118. The predicted octanol–water partition coefficient (Wildman–Crippen LogP) is 1.43. The summed E-state index contributed by atoms with van der Waals surface area (Å²) in [4.78, 5) is 16.6. The highest BCUT2D eigenvalue weighted by Crippen LogP contribution is 2.51. The molecule has 4 rings (SSSR count). The van der Waals surface area contributed by atoms with Gasteiger partial charge in [0.25, 0.3) is 0 Å². The van der Waals surface area contributed by atoms with Gasteiger partial charge in [-0.05, 0) is 12.1 Å². The average molecular weight is 591 g/mol. The van der Waals surface area contributed by atoms with Crippen LogP contribution in [0, 0.1) is 0 Å². The van der Waals surface area contributed by atoms with Crippen LogP contribution in [0.15, 0.2) is 36.4 Å². The molecule has 15 nitrogen and oxygen atoms in total. The normalized spacial score (nSPS) is 17.8. The zero-order valence-corrected chi connectivity index (χ0v) is 22.0. The number of aromatic hydroxyl groups is 7. The molecular formula is C27H30N2O13. The second kappa shape index (κ2) is 13.3. The summed E-state index contributed by atoms with van der Waals surface area (Å²) < 4.78 is 28.5. The number of benzene rings is 2. The van der Waals surface area contributed by atoms with E-state index in [1.54, 1.807) is 0 Å². The second-order valence-corrected chi connectivity index (χ2v) is 9.07. The predicted molar refractivity (Wildman–Crippen MR) is 141 cm³/mol. The number of aromatic nitrogens is 1. The number of hydrogen-bond donors (Lipinski definition) is 8. The molecule has 2 heterocycles. The molecule has 1 aliphatic heterocycles. The van der Waals surface area contributed by atoms with Gasteiger partial charge in [-0.15, -0.1) is 0 Å². The van der Waals surface area contributed by atoms with Crippen LogP contribution in [0.25, 0.3) is 0 Å². The van der Waals surface area contributed by atoms with E-state index in [-0.39, 0.29) is 48.0 Å². The second-order valence-electron chi connectivity index (χ2n) is 9.07. The van der Waals surface area contributed by atoms with Crippen LogP contribution in [0.3, 0.4) is 0 Å². The molecule has 0 aliphatic carbocycles. The topological polar surface area (TPSA) is 244 Å². The van der Waals surface area contributed by atoms with E-state index in [1.807, 2.05) is 0 Å². The average Bonchev–Trinajstić information content (AvgIpc) is 2.92. The fourth-order valence-electron chi connectivity index (χ4n) is 4.31. The maximum absolute atomic E-state index is 13.2. The highest BCUT2D eigenvalue weighted by atomic mass is 16.6. The summed E-state index contributed by atoms with van der Waals surface area (Å²) in [5.41, 5.74) is 5.09. The Bertz CT molecular complexity index is 1370. The number of phenolic OH excluding ortho intramolecular Hbond substituents is 5. The third-order valence-corrected chi connectivity index (χ3v) is 6.10. The summed E-state index contributed by atoms with van der Waals surface area (Å²) >= 11 is 0. The van der Waals surface area contributed by atoms with Crippen molar-refractivity contribution in [3.05, 3.63) is 53.1 Å². The van der Waals surface area contributed by atoms with Gasteiger partial charge in [0, 0.05) is 36.4 Å². The van der Waals surface area contributed by atoms with Crippen LogP contribution in [-0.4, -0.2) is 92.4 Å². The van der Waals surface area contributed by atoms with Crippen molar-refractivity contribution >= 4 is 5.97 Å². The van der Waals surface area contributed by atoms with Gasteiger partial charge in [0.05, 0.1) is 44.2 Å². The highest BCUT2D eigenvalue weighted by Gasteiger charge is 2.45. The highest BCUT2D eigenvalue weighted by molar-refractivity contribution is 5.90. The van der Waals surface area contributed by atoms with Crippen LogP contribution in [0.5, 0.6) is 46.3 Å². The van der Waals surface area contributed by atoms with E-state index in [0.717, 1.165) is 30.3 Å². The Morgan fingerprint density at radius 2 is 1.43 bits per heavy atom. The summed E-state index contributed by atoms with van der Waals surface area (Å²) in [6, 6.07) is 6.21. The van der Waals surface area contributed by atoms with Gasteiger partial charge >= 0.3 is 5.97 Å². The van der Waals surface area contributed by atoms with Gasteiger partial charge in [0.2, 0.25) is 11.8 Å². The van der Waals surface area contributed by atoms with Crippen LogP contribution in [-0.2, 0) is 18.9 Å². The van der Waals surface area contributed by atoms with Crippen LogP contribution >= 0.6 is 0 Å². The maximum atomic E-state index is 13.2. The van der Waals surface area contributed by atoms with Crippen LogP contribution in [0.2, 0.25) is 0 Å². The first-order valence-corrected chi connectivity index (χ1v) is 12.6. The van der Waals surface area contributed by atoms with E-state index in [4.69, 9.17) is 29.4 Å². The molecule has 3 unspecified atom stereocenters. The number of nitrogens with zero attached hydrogens (tertiary/aromatic N) is 1. The lowest BCUT2D eigenvalue weighted by atomic mass is 9.90. The lowest BCUT2D eigenvalue weighted by Crippen LogP contribution is -2.40. The Hall–Kier alpha value is -4.70. The molecular weight excluding hydrogens is 560 g/mol. The van der Waals surface area contributed by atoms with Crippen molar-refractivity contribution in [2.24, 2.45) is 5.73 Å². The Morgan fingerprint density at radius 1 is 0.810 bits per heavy atom. The quantitative estimate of drug-likeness (QED) is 0.0845. The molecule has 0 bridgehead atoms. The van der Waals surface area contributed by atoms with Gasteiger partial charge in [-0.1, -0.05) is 0 Å². The van der Waals surface area contributed by atoms with Crippen molar-refractivity contribution in [1.82, 2.24) is 4.98 Å². The molecule has 2 aromatic carbocycles. The Kier molecular flexibility index (Phi) is 9.59. The van der Waals surface area contributed by atoms with Crippen molar-refractivity contribution in [2.45, 2.75) is 18.3 Å². The van der Waals surface area contributed by atoms with E-state index >= 15 is 0 Å². The fraction of sp³-hybridized carbons (Fsp3) is 0.333. The molecule has 0 spiro atoms. The molecule has 226 valence electrons. The molecule has 0 fully saturated rings. The summed E-state index contributed by atoms with van der Waals surface area (Å²) in [5, 5.41) is 70.6. The van der Waals surface area contributed by atoms with Crippen molar-refractivity contribution < 1.29 is 64.2 Å². The monoisotopic (exact) mass is 590 g/mol. The van der Waals surface area contributed by atoms with Gasteiger partial charge in [0.15, 0.2) is 29.5 Å². The summed E-state index contributed by atoms with van der Waals surface area (Å²) in [7, 11) is 0. The van der Waals surface area contributed by atoms with E-state index in [1.165, 1.54) is 6.07 Å². The number of nitrogens with two attached hydrogens (primary N) is 1. The largest absolute Gasteiger partial charge is 0.508 e. The summed E-state index contributed by atoms with van der Waals surface area (Å²) in [6.07, 6.45) is -4.11. The SMILES string of the molecule is NCCOCCOCCOC1c2c(O)cc(O)cc2OC(c2cc(O)c(O)c(O)c2)C1OC(=O)c1cc(O)nc(O)c1. The molecule has 0 saturated carbocycles. The first kappa shape index (κ1) is 30.3. The molecule has 9 N–H and O–H groups in total. The van der Waals surface area contributed by atoms with Gasteiger partial charge < -0.3 is 65.2 Å². The third-order valence-electron chi connectivity index (χ3n) is 6.10. The van der Waals surface area contributed by atoms with Crippen LogP contribution in [0.4, 0.5) is 0 Å². The first-order chi connectivity index (χ1) is 20.1. The van der Waals surface area contributed by atoms with Crippen LogP contribution < -0.4 is 10.5 Å². The summed E-state index contributed by atoms with van der Waals surface area (Å²) in [5.74, 6) is -5.52. The first-order valence-electron chi connectivity index (χ1n) is 12.6. The van der Waals surface area contributed by atoms with Gasteiger partial charge in [0.1, 0.15) is 23.4 Å². The third kappa shape index (κ3) is 6.95. The summed E-state index contributed by atoms with van der Waals surface area (Å²) in [6.45, 7) is 1.21. The van der Waals surface area contributed by atoms with E-state index < -0.39 is 59.0 Å². The molecule has 0 saturated heterocycles. The fourth-order valence-corrected chi connectivity index (χ4v) is 4.31. The minimum Gasteiger partial charge on any atom is -0.508 e. The zero-order chi connectivity index (χ0) is 30.4. The minimum absolute atomic E-state index is 0.000717. The molecule has 15 heteroatoms. The number of fused-ring (bicyclic) bond motifs is 1. The van der Waals surface area contributed by atoms with Gasteiger partial charge in [-0.25, -0.2) is 4.79 Å². The molecule has 3 aromatic rings. The van der Waals surface area contributed by atoms with E-state index in [2.05, 4.69) is 4.98 Å². The maximum Gasteiger partial charge on any atom is 0.339 e. The lowest BCUT2D eigenvalue weighted by Gasteiger charge is -2.39. The Labute approximate surface area is 238 Å². The van der Waals surface area contributed by atoms with E-state index in [0.29, 0.717) is 19.8 Å². The number of carbonyl (C=O) groups excluding carboxylic acids is 1. The van der Waals surface area contributed by atoms with Gasteiger partial charge in [-0.3, -0.25) is 0 Å². The number of rotatable bonds is 12. The molecule has 0 amide bonds. The Morgan fingerprint density at radius 3 is 2.07 bits per heavy atom. The number of esters is 1. The number of ether oxygens (including phenoxy) is 5. The number of carbonyl (C=O) groups is 1. The van der Waals surface area contributed by atoms with Crippen LogP contribution in [0.1, 0.15) is 33.7 Å². The van der Waals surface area contributed by atoms with Crippen molar-refractivity contribution in [3.8, 4) is 46.3 Å². The minimum atomic E-state index is -1.46. The van der Waals surface area contributed by atoms with Crippen molar-refractivity contribution in [1.29, 1.82) is 0 Å². The number of phenols is 5. The van der Waals surface area contributed by atoms with E-state index in [9.17, 15) is 40.5 Å². The molecule has 3 atom stereocenters. The van der Waals surface area contributed by atoms with Gasteiger partial charge in [-0.2, -0.15) is 4.98 Å². The Balaban J connectivity index is 1.71. The smallest absolute Gasteiger partial charge is 0.339 e. The number of hydrogen-bond acceptors (Lipinski definition) is 15. The zero-order valence-electron chi connectivity index (χ0n) is 22.0. The molecule has 1 aromatic heterocycles. The standard InChI is InChI=1S/C27H30N2O13/c28-1-2-38-3-4-39-5-6-40-25-22-16(31)11-15(30)12-19(22)41-24(13-7-17(32)23(36)18(33)8-13)26(25)42-27(37)14-9-20(34)29-21(35)10-14/h7-12,24-26,30-33,36H,1-6,28H2,(H2,29,34,35). The molecule has 1 aliphatic rings. The molecule has 0 radical (unpaired) electrons. The van der Waals surface area contributed by atoms with Crippen molar-refractivity contribution in [2.75, 3.05) is 39.6 Å². The number of pyridine rings is 1. The molecule has 42 heavy (non-hydrogen) atoms. The van der Waals surface area contributed by atoms with Crippen molar-refractivity contribution in [3.63, 3.8) is 0 Å².